The molecule has 0 N–H and O–H groups in total. The van der Waals surface area contributed by atoms with Gasteiger partial charge in [-0.2, -0.15) is 0 Å². The van der Waals surface area contributed by atoms with Crippen LogP contribution in [0.15, 0.2) is 36.4 Å². The van der Waals surface area contributed by atoms with Crippen molar-refractivity contribution in [3.63, 3.8) is 0 Å². The van der Waals surface area contributed by atoms with Crippen LogP contribution in [0.25, 0.3) is 11.1 Å². The summed E-state index contributed by atoms with van der Waals surface area (Å²) in [6, 6.07) is 10.8. The van der Waals surface area contributed by atoms with Crippen LogP contribution in [0.3, 0.4) is 0 Å². The van der Waals surface area contributed by atoms with Crippen molar-refractivity contribution in [2.45, 2.75) is 58.8 Å². The lowest BCUT2D eigenvalue weighted by molar-refractivity contribution is 0.206. The largest absolute Gasteiger partial charge is 0.491 e. The highest BCUT2D eigenvalue weighted by atomic mass is 19.1. The van der Waals surface area contributed by atoms with Crippen molar-refractivity contribution in [3.05, 3.63) is 53.6 Å². The van der Waals surface area contributed by atoms with E-state index >= 15 is 0 Å². The zero-order valence-corrected chi connectivity index (χ0v) is 17.3. The standard InChI is InChI=1S/C25H32F2O/c1-4-5-18-6-10-20(11-7-18)17(2)14-19-8-12-21(13-9-19)22-15-23(26)25(28-3)24(27)16-22/h8-9,12-13,15-18,20H,4-7,10-11,14H2,1-3H3. The smallest absolute Gasteiger partial charge is 0.190 e. The molecule has 0 bridgehead atoms. The Morgan fingerprint density at radius 2 is 1.57 bits per heavy atom. The molecule has 3 rings (SSSR count). The van der Waals surface area contributed by atoms with Crippen LogP contribution in [0.5, 0.6) is 5.75 Å². The van der Waals surface area contributed by atoms with Gasteiger partial charge in [-0.3, -0.25) is 0 Å². The first-order valence-electron chi connectivity index (χ1n) is 10.6. The lowest BCUT2D eigenvalue weighted by Gasteiger charge is -2.32. The fourth-order valence-electron chi connectivity index (χ4n) is 4.75. The molecule has 1 unspecified atom stereocenters. The van der Waals surface area contributed by atoms with E-state index in [4.69, 9.17) is 4.74 Å². The normalized spacial score (nSPS) is 20.8. The van der Waals surface area contributed by atoms with Gasteiger partial charge < -0.3 is 4.74 Å². The van der Waals surface area contributed by atoms with Gasteiger partial charge in [0.2, 0.25) is 0 Å². The van der Waals surface area contributed by atoms with E-state index < -0.39 is 11.6 Å². The Morgan fingerprint density at radius 3 is 2.11 bits per heavy atom. The van der Waals surface area contributed by atoms with Crippen molar-refractivity contribution in [2.75, 3.05) is 7.11 Å². The summed E-state index contributed by atoms with van der Waals surface area (Å²) in [7, 11) is 1.27. The van der Waals surface area contributed by atoms with Gasteiger partial charge in [0.15, 0.2) is 17.4 Å². The molecule has 0 aromatic heterocycles. The van der Waals surface area contributed by atoms with E-state index in [1.165, 1.54) is 63.3 Å². The Kier molecular flexibility index (Phi) is 7.09. The van der Waals surface area contributed by atoms with E-state index in [1.54, 1.807) is 0 Å². The topological polar surface area (TPSA) is 9.23 Å². The molecule has 3 heteroatoms. The van der Waals surface area contributed by atoms with Crippen molar-refractivity contribution >= 4 is 0 Å². The first-order chi connectivity index (χ1) is 13.5. The maximum atomic E-state index is 14.0. The Morgan fingerprint density at radius 1 is 0.964 bits per heavy atom. The Hall–Kier alpha value is -1.90. The van der Waals surface area contributed by atoms with Crippen molar-refractivity contribution in [1.82, 2.24) is 0 Å². The predicted molar refractivity (Wildman–Crippen MR) is 112 cm³/mol. The van der Waals surface area contributed by atoms with Crippen LogP contribution in [0.1, 0.15) is 57.9 Å². The highest BCUT2D eigenvalue weighted by Crippen LogP contribution is 2.37. The minimum absolute atomic E-state index is 0.331. The van der Waals surface area contributed by atoms with Crippen LogP contribution in [0.4, 0.5) is 8.78 Å². The van der Waals surface area contributed by atoms with Gasteiger partial charge in [-0.15, -0.1) is 0 Å². The lowest BCUT2D eigenvalue weighted by atomic mass is 9.74. The molecule has 0 spiro atoms. The molecule has 1 aliphatic carbocycles. The summed E-state index contributed by atoms with van der Waals surface area (Å²) in [5.74, 6) is 0.755. The van der Waals surface area contributed by atoms with E-state index in [0.29, 0.717) is 11.5 Å². The highest BCUT2D eigenvalue weighted by molar-refractivity contribution is 5.65. The molecule has 1 atom stereocenters. The minimum atomic E-state index is -0.672. The molecular formula is C25H32F2O. The van der Waals surface area contributed by atoms with Crippen LogP contribution in [0.2, 0.25) is 0 Å². The summed E-state index contributed by atoms with van der Waals surface area (Å²) in [5.41, 5.74) is 2.64. The summed E-state index contributed by atoms with van der Waals surface area (Å²) in [6.45, 7) is 4.65. The second-order valence-electron chi connectivity index (χ2n) is 8.42. The van der Waals surface area contributed by atoms with Crippen molar-refractivity contribution in [1.29, 1.82) is 0 Å². The van der Waals surface area contributed by atoms with Gasteiger partial charge in [0.25, 0.3) is 0 Å². The quantitative estimate of drug-likeness (QED) is 0.481. The summed E-state index contributed by atoms with van der Waals surface area (Å²) >= 11 is 0. The maximum Gasteiger partial charge on any atom is 0.190 e. The van der Waals surface area contributed by atoms with Crippen LogP contribution in [0, 0.1) is 29.4 Å². The summed E-state index contributed by atoms with van der Waals surface area (Å²) in [4.78, 5) is 0. The van der Waals surface area contributed by atoms with Crippen molar-refractivity contribution in [2.24, 2.45) is 17.8 Å². The molecule has 0 heterocycles. The molecule has 2 aromatic carbocycles. The molecule has 0 saturated heterocycles. The number of ether oxygens (including phenoxy) is 1. The molecule has 0 radical (unpaired) electrons. The summed E-state index contributed by atoms with van der Waals surface area (Å²) in [6.07, 6.45) is 9.23. The minimum Gasteiger partial charge on any atom is -0.491 e. The van der Waals surface area contributed by atoms with Crippen LogP contribution in [-0.4, -0.2) is 7.11 Å². The molecule has 28 heavy (non-hydrogen) atoms. The van der Waals surface area contributed by atoms with Gasteiger partial charge in [-0.05, 0) is 65.8 Å². The number of rotatable bonds is 7. The Labute approximate surface area is 168 Å². The zero-order valence-electron chi connectivity index (χ0n) is 17.3. The van der Waals surface area contributed by atoms with Gasteiger partial charge in [0, 0.05) is 0 Å². The van der Waals surface area contributed by atoms with Crippen LogP contribution >= 0.6 is 0 Å². The van der Waals surface area contributed by atoms with Crippen LogP contribution in [-0.2, 0) is 6.42 Å². The third-order valence-electron chi connectivity index (χ3n) is 6.44. The number of hydrogen-bond donors (Lipinski definition) is 0. The molecule has 0 amide bonds. The molecule has 1 fully saturated rings. The molecular weight excluding hydrogens is 354 g/mol. The molecule has 1 aliphatic rings. The Bertz CT molecular complexity index is 738. The fraction of sp³-hybridized carbons (Fsp3) is 0.520. The zero-order chi connectivity index (χ0) is 20.1. The average molecular weight is 387 g/mol. The molecule has 1 saturated carbocycles. The fourth-order valence-corrected chi connectivity index (χ4v) is 4.75. The van der Waals surface area contributed by atoms with E-state index in [1.807, 2.05) is 12.1 Å². The SMILES string of the molecule is CCCC1CCC(C(C)Cc2ccc(-c3cc(F)c(OC)c(F)c3)cc2)CC1. The molecule has 152 valence electrons. The molecule has 1 nitrogen and oxygen atoms in total. The van der Waals surface area contributed by atoms with E-state index in [9.17, 15) is 8.78 Å². The predicted octanol–water partition coefficient (Wildman–Crippen LogP) is 7.43. The maximum absolute atomic E-state index is 14.0. The lowest BCUT2D eigenvalue weighted by Crippen LogP contribution is -2.21. The highest BCUT2D eigenvalue weighted by Gasteiger charge is 2.24. The van der Waals surface area contributed by atoms with Crippen molar-refractivity contribution < 1.29 is 13.5 Å². The first kappa shape index (κ1) is 20.8. The second-order valence-corrected chi connectivity index (χ2v) is 8.42. The van der Waals surface area contributed by atoms with Gasteiger partial charge in [-0.25, -0.2) is 8.78 Å². The third kappa shape index (κ3) is 4.92. The molecule has 2 aromatic rings. The summed E-state index contributed by atoms with van der Waals surface area (Å²) < 4.78 is 32.7. The van der Waals surface area contributed by atoms with Gasteiger partial charge in [-0.1, -0.05) is 63.8 Å². The van der Waals surface area contributed by atoms with Crippen LogP contribution < -0.4 is 4.74 Å². The monoisotopic (exact) mass is 386 g/mol. The average Bonchev–Trinajstić information content (AvgIpc) is 2.69. The van der Waals surface area contributed by atoms with E-state index in [2.05, 4.69) is 26.0 Å². The Balaban J connectivity index is 1.62. The number of halogens is 2. The van der Waals surface area contributed by atoms with Gasteiger partial charge in [0.1, 0.15) is 0 Å². The first-order valence-corrected chi connectivity index (χ1v) is 10.6. The second kappa shape index (κ2) is 9.54. The number of hydrogen-bond acceptors (Lipinski definition) is 1. The number of methoxy groups -OCH3 is 1. The van der Waals surface area contributed by atoms with E-state index in [-0.39, 0.29) is 5.75 Å². The summed E-state index contributed by atoms with van der Waals surface area (Å²) in [5, 5.41) is 0. The number of benzene rings is 2. The third-order valence-corrected chi connectivity index (χ3v) is 6.44. The van der Waals surface area contributed by atoms with Gasteiger partial charge >= 0.3 is 0 Å². The van der Waals surface area contributed by atoms with Gasteiger partial charge in [0.05, 0.1) is 7.11 Å². The van der Waals surface area contributed by atoms with Crippen molar-refractivity contribution in [3.8, 4) is 16.9 Å². The molecule has 0 aliphatic heterocycles. The van der Waals surface area contributed by atoms with E-state index in [0.717, 1.165) is 23.8 Å².